The summed E-state index contributed by atoms with van der Waals surface area (Å²) in [5.74, 6) is -1.04. The summed E-state index contributed by atoms with van der Waals surface area (Å²) < 4.78 is 0. The van der Waals surface area contributed by atoms with Crippen molar-refractivity contribution in [1.29, 1.82) is 0 Å². The van der Waals surface area contributed by atoms with E-state index in [-0.39, 0.29) is 5.78 Å². The molecule has 0 aliphatic rings. The van der Waals surface area contributed by atoms with E-state index in [1.165, 1.54) is 0 Å². The predicted molar refractivity (Wildman–Crippen MR) is 97.2 cm³/mol. The first-order valence-electron chi connectivity index (χ1n) is 7.92. The SMILES string of the molecule is C=C/C=C(\C=C/C)CC(NCCc1cnc[nH]1)C(=O)CO.CC(=O)O. The number of allylic oxidation sites excluding steroid dienone is 4. The molecule has 1 aromatic rings. The maximum Gasteiger partial charge on any atom is 0.300 e. The molecule has 1 atom stereocenters. The Kier molecular flexibility index (Phi) is 12.5. The molecule has 0 aliphatic carbocycles. The Balaban J connectivity index is 0.00000129. The summed E-state index contributed by atoms with van der Waals surface area (Å²) in [7, 11) is 0. The molecule has 0 bridgehead atoms. The highest BCUT2D eigenvalue weighted by Crippen LogP contribution is 2.09. The summed E-state index contributed by atoms with van der Waals surface area (Å²) >= 11 is 0. The van der Waals surface area contributed by atoms with Gasteiger partial charge in [-0.25, -0.2) is 4.98 Å². The van der Waals surface area contributed by atoms with E-state index < -0.39 is 18.6 Å². The molecule has 0 fully saturated rings. The van der Waals surface area contributed by atoms with Crippen molar-refractivity contribution in [2.24, 2.45) is 0 Å². The average Bonchev–Trinajstić information content (AvgIpc) is 3.06. The topological polar surface area (TPSA) is 115 Å². The van der Waals surface area contributed by atoms with Crippen LogP contribution in [0.3, 0.4) is 0 Å². The summed E-state index contributed by atoms with van der Waals surface area (Å²) in [4.78, 5) is 27.8. The van der Waals surface area contributed by atoms with E-state index in [9.17, 15) is 4.79 Å². The van der Waals surface area contributed by atoms with E-state index in [4.69, 9.17) is 15.0 Å². The van der Waals surface area contributed by atoms with Crippen molar-refractivity contribution in [3.8, 4) is 0 Å². The number of H-pyrrole nitrogens is 1. The maximum atomic E-state index is 11.8. The van der Waals surface area contributed by atoms with Crippen LogP contribution in [0.2, 0.25) is 0 Å². The molecule has 0 aromatic carbocycles. The van der Waals surface area contributed by atoms with Crippen LogP contribution in [0.25, 0.3) is 0 Å². The van der Waals surface area contributed by atoms with E-state index >= 15 is 0 Å². The molecule has 1 rings (SSSR count). The van der Waals surface area contributed by atoms with E-state index in [1.807, 2.05) is 25.2 Å². The zero-order chi connectivity index (χ0) is 19.1. The highest BCUT2D eigenvalue weighted by Gasteiger charge is 2.17. The Hall–Kier alpha value is -2.51. The van der Waals surface area contributed by atoms with Gasteiger partial charge in [0.2, 0.25) is 0 Å². The summed E-state index contributed by atoms with van der Waals surface area (Å²) in [6, 6.07) is -0.402. The molecule has 1 unspecified atom stereocenters. The molecule has 138 valence electrons. The molecule has 0 saturated carbocycles. The number of aromatic nitrogens is 2. The van der Waals surface area contributed by atoms with Crippen LogP contribution in [-0.2, 0) is 16.0 Å². The number of carbonyl (C=O) groups excluding carboxylic acids is 1. The summed E-state index contributed by atoms with van der Waals surface area (Å²) in [6.45, 7) is 6.86. The van der Waals surface area contributed by atoms with Gasteiger partial charge < -0.3 is 20.5 Å². The number of hydrogen-bond acceptors (Lipinski definition) is 5. The average molecular weight is 349 g/mol. The van der Waals surface area contributed by atoms with Crippen LogP contribution in [0, 0.1) is 0 Å². The fourth-order valence-electron chi connectivity index (χ4n) is 2.01. The fraction of sp³-hybridized carbons (Fsp3) is 0.389. The lowest BCUT2D eigenvalue weighted by Gasteiger charge is -2.17. The van der Waals surface area contributed by atoms with Crippen molar-refractivity contribution in [2.45, 2.75) is 32.7 Å². The predicted octanol–water partition coefficient (Wildman–Crippen LogP) is 1.64. The van der Waals surface area contributed by atoms with Crippen molar-refractivity contribution in [2.75, 3.05) is 13.2 Å². The summed E-state index contributed by atoms with van der Waals surface area (Å²) in [6.07, 6.45) is 12.1. The van der Waals surface area contributed by atoms with E-state index in [0.717, 1.165) is 24.6 Å². The van der Waals surface area contributed by atoms with Crippen molar-refractivity contribution < 1.29 is 19.8 Å². The zero-order valence-electron chi connectivity index (χ0n) is 14.7. The minimum atomic E-state index is -0.833. The molecule has 0 radical (unpaired) electrons. The minimum absolute atomic E-state index is 0.209. The third-order valence-electron chi connectivity index (χ3n) is 3.04. The first kappa shape index (κ1) is 22.5. The van der Waals surface area contributed by atoms with Gasteiger partial charge in [0.05, 0.1) is 12.4 Å². The number of nitrogens with zero attached hydrogens (tertiary/aromatic N) is 1. The second kappa shape index (κ2) is 13.9. The highest BCUT2D eigenvalue weighted by molar-refractivity contribution is 5.85. The van der Waals surface area contributed by atoms with Gasteiger partial charge in [-0.15, -0.1) is 0 Å². The van der Waals surface area contributed by atoms with Crippen LogP contribution in [-0.4, -0.2) is 51.1 Å². The number of aliphatic hydroxyl groups is 1. The lowest BCUT2D eigenvalue weighted by atomic mass is 10.0. The number of carbonyl (C=O) groups is 2. The minimum Gasteiger partial charge on any atom is -0.481 e. The lowest BCUT2D eigenvalue weighted by molar-refractivity contribution is -0.134. The molecular formula is C18H27N3O4. The first-order chi connectivity index (χ1) is 11.9. The number of ketones is 1. The highest BCUT2D eigenvalue weighted by atomic mass is 16.4. The van der Waals surface area contributed by atoms with Crippen LogP contribution >= 0.6 is 0 Å². The molecule has 7 nitrogen and oxygen atoms in total. The Bertz CT molecular complexity index is 573. The quantitative estimate of drug-likeness (QED) is 0.477. The van der Waals surface area contributed by atoms with Gasteiger partial charge in [-0.05, 0) is 18.9 Å². The third kappa shape index (κ3) is 11.6. The number of Topliss-reactive ketones (excluding diaryl/α,β-unsaturated/α-hetero) is 1. The Labute approximate surface area is 148 Å². The number of carboxylic acid groups (broad SMARTS) is 1. The number of aliphatic carboxylic acids is 1. The lowest BCUT2D eigenvalue weighted by Crippen LogP contribution is -2.39. The fourth-order valence-corrected chi connectivity index (χ4v) is 2.01. The number of aliphatic hydroxyl groups excluding tert-OH is 1. The first-order valence-corrected chi connectivity index (χ1v) is 7.92. The summed E-state index contributed by atoms with van der Waals surface area (Å²) in [5.41, 5.74) is 2.00. The number of hydrogen-bond donors (Lipinski definition) is 4. The Morgan fingerprint density at radius 3 is 2.64 bits per heavy atom. The van der Waals surface area contributed by atoms with E-state index in [0.29, 0.717) is 13.0 Å². The van der Waals surface area contributed by atoms with Gasteiger partial charge in [-0.1, -0.05) is 30.9 Å². The zero-order valence-corrected chi connectivity index (χ0v) is 14.7. The van der Waals surface area contributed by atoms with Crippen LogP contribution in [0.4, 0.5) is 0 Å². The van der Waals surface area contributed by atoms with E-state index in [2.05, 4.69) is 21.9 Å². The maximum absolute atomic E-state index is 11.8. The molecule has 0 saturated heterocycles. The number of aromatic amines is 1. The largest absolute Gasteiger partial charge is 0.481 e. The molecule has 1 heterocycles. The van der Waals surface area contributed by atoms with Crippen molar-refractivity contribution in [3.63, 3.8) is 0 Å². The van der Waals surface area contributed by atoms with Gasteiger partial charge >= 0.3 is 0 Å². The second-order valence-electron chi connectivity index (χ2n) is 5.16. The van der Waals surface area contributed by atoms with Crippen LogP contribution in [0.15, 0.2) is 49.0 Å². The number of imidazole rings is 1. The van der Waals surface area contributed by atoms with Crippen LogP contribution < -0.4 is 5.32 Å². The smallest absolute Gasteiger partial charge is 0.300 e. The van der Waals surface area contributed by atoms with Crippen molar-refractivity contribution >= 4 is 11.8 Å². The standard InChI is InChI=1S/C16H23N3O2.C2H4O2/c1-3-5-13(6-4-2)9-15(16(21)11-20)18-8-7-14-10-17-12-19-14;1-2(3)4/h3-6,10,12,15,18,20H,1,7-9,11H2,2H3,(H,17,19);1H3,(H,3,4)/b6-4-,13-5+;. The van der Waals surface area contributed by atoms with Crippen molar-refractivity contribution in [1.82, 2.24) is 15.3 Å². The summed E-state index contributed by atoms with van der Waals surface area (Å²) in [5, 5.41) is 19.7. The van der Waals surface area contributed by atoms with Gasteiger partial charge in [0, 0.05) is 31.8 Å². The van der Waals surface area contributed by atoms with Gasteiger partial charge in [0.25, 0.3) is 5.97 Å². The molecule has 0 spiro atoms. The molecular weight excluding hydrogens is 322 g/mol. The monoisotopic (exact) mass is 349 g/mol. The molecule has 0 aliphatic heterocycles. The molecule has 7 heteroatoms. The molecule has 4 N–H and O–H groups in total. The van der Waals surface area contributed by atoms with E-state index in [1.54, 1.807) is 18.6 Å². The van der Waals surface area contributed by atoms with Gasteiger partial charge in [-0.2, -0.15) is 0 Å². The van der Waals surface area contributed by atoms with Gasteiger partial charge in [0.1, 0.15) is 6.61 Å². The van der Waals surface area contributed by atoms with Crippen molar-refractivity contribution in [3.05, 3.63) is 54.7 Å². The van der Waals surface area contributed by atoms with Gasteiger partial charge in [0.15, 0.2) is 5.78 Å². The second-order valence-corrected chi connectivity index (χ2v) is 5.16. The number of rotatable bonds is 10. The molecule has 1 aromatic heterocycles. The van der Waals surface area contributed by atoms with Crippen LogP contribution in [0.5, 0.6) is 0 Å². The van der Waals surface area contributed by atoms with Crippen LogP contribution in [0.1, 0.15) is 26.0 Å². The molecule has 0 amide bonds. The number of nitrogens with one attached hydrogen (secondary N) is 2. The number of carboxylic acids is 1. The van der Waals surface area contributed by atoms with Gasteiger partial charge in [-0.3, -0.25) is 9.59 Å². The normalized spacial score (nSPS) is 12.4. The Morgan fingerprint density at radius 2 is 2.16 bits per heavy atom. The Morgan fingerprint density at radius 1 is 1.48 bits per heavy atom. The molecule has 25 heavy (non-hydrogen) atoms. The third-order valence-corrected chi connectivity index (χ3v) is 3.04.